The Labute approximate surface area is 211 Å². The van der Waals surface area contributed by atoms with Crippen LogP contribution in [0.15, 0.2) is 99.9 Å². The summed E-state index contributed by atoms with van der Waals surface area (Å²) >= 11 is 3.34. The van der Waals surface area contributed by atoms with Gasteiger partial charge in [0.2, 0.25) is 0 Å². The molecule has 0 saturated carbocycles. The minimum Gasteiger partial charge on any atom is -0.362 e. The molecule has 1 amide bonds. The van der Waals surface area contributed by atoms with Gasteiger partial charge in [0.1, 0.15) is 11.6 Å². The van der Waals surface area contributed by atoms with Crippen LogP contribution in [0.25, 0.3) is 0 Å². The molecule has 3 aromatic rings. The number of allylic oxidation sites excluding steroid dienone is 3. The van der Waals surface area contributed by atoms with Crippen molar-refractivity contribution in [3.63, 3.8) is 0 Å². The lowest BCUT2D eigenvalue weighted by Gasteiger charge is -2.37. The zero-order chi connectivity index (χ0) is 24.5. The molecule has 0 radical (unpaired) electrons. The van der Waals surface area contributed by atoms with Crippen LogP contribution in [0.1, 0.15) is 42.7 Å². The maximum Gasteiger partial charge on any atom is 0.255 e. The van der Waals surface area contributed by atoms with E-state index in [0.29, 0.717) is 41.1 Å². The molecule has 0 unspecified atom stereocenters. The van der Waals surface area contributed by atoms with Gasteiger partial charge in [-0.05, 0) is 70.6 Å². The van der Waals surface area contributed by atoms with E-state index in [2.05, 4.69) is 31.5 Å². The average molecular weight is 532 g/mol. The van der Waals surface area contributed by atoms with Crippen LogP contribution in [-0.2, 0) is 9.59 Å². The van der Waals surface area contributed by atoms with Crippen LogP contribution in [-0.4, -0.2) is 16.7 Å². The number of carbonyl (C=O) groups excluding carboxylic acids is 2. The second-order valence-electron chi connectivity index (χ2n) is 8.80. The summed E-state index contributed by atoms with van der Waals surface area (Å²) in [6.45, 7) is 1.82. The first-order chi connectivity index (χ1) is 16.9. The highest BCUT2D eigenvalue weighted by molar-refractivity contribution is 9.10. The third-order valence-electron chi connectivity index (χ3n) is 6.49. The van der Waals surface area contributed by atoms with Crippen molar-refractivity contribution in [3.05, 3.63) is 117 Å². The predicted molar refractivity (Wildman–Crippen MR) is 136 cm³/mol. The van der Waals surface area contributed by atoms with Gasteiger partial charge in [0.15, 0.2) is 5.78 Å². The fourth-order valence-corrected chi connectivity index (χ4v) is 5.19. The molecule has 176 valence electrons. The number of Topliss-reactive ketones (excluding diaryl/α,β-unsaturated/α-hetero) is 1. The number of rotatable bonds is 4. The molecule has 1 aliphatic heterocycles. The van der Waals surface area contributed by atoms with E-state index in [9.17, 15) is 14.0 Å². The van der Waals surface area contributed by atoms with Crippen molar-refractivity contribution >= 4 is 33.4 Å². The van der Waals surface area contributed by atoms with Crippen molar-refractivity contribution in [3.8, 4) is 0 Å². The fourth-order valence-electron chi connectivity index (χ4n) is 4.95. The lowest BCUT2D eigenvalue weighted by atomic mass is 9.71. The molecule has 7 heteroatoms. The number of amides is 1. The average Bonchev–Trinajstić information content (AvgIpc) is 2.85. The van der Waals surface area contributed by atoms with E-state index in [1.807, 2.05) is 37.3 Å². The second-order valence-corrected chi connectivity index (χ2v) is 9.71. The molecule has 2 atom stereocenters. The van der Waals surface area contributed by atoms with Gasteiger partial charge in [0.05, 0.1) is 0 Å². The monoisotopic (exact) mass is 531 g/mol. The number of nitrogens with one attached hydrogen (secondary N) is 2. The van der Waals surface area contributed by atoms with Crippen molar-refractivity contribution in [1.82, 2.24) is 10.3 Å². The molecule has 0 fully saturated rings. The number of anilines is 1. The van der Waals surface area contributed by atoms with Gasteiger partial charge in [-0.25, -0.2) is 9.37 Å². The Bertz CT molecular complexity index is 1370. The molecule has 0 spiro atoms. The first-order valence-electron chi connectivity index (χ1n) is 11.4. The number of aromatic nitrogens is 1. The summed E-state index contributed by atoms with van der Waals surface area (Å²) in [6, 6.07) is 19.5. The lowest BCUT2D eigenvalue weighted by Crippen LogP contribution is -2.37. The van der Waals surface area contributed by atoms with Gasteiger partial charge < -0.3 is 10.6 Å². The topological polar surface area (TPSA) is 71.1 Å². The zero-order valence-electron chi connectivity index (χ0n) is 19.0. The van der Waals surface area contributed by atoms with Crippen molar-refractivity contribution in [2.45, 2.75) is 31.6 Å². The van der Waals surface area contributed by atoms with E-state index < -0.39 is 11.7 Å². The molecule has 2 aliphatic rings. The van der Waals surface area contributed by atoms with Crippen LogP contribution >= 0.6 is 15.9 Å². The Morgan fingerprint density at radius 3 is 2.54 bits per heavy atom. The van der Waals surface area contributed by atoms with E-state index >= 15 is 0 Å². The molecule has 0 saturated heterocycles. The second kappa shape index (κ2) is 9.58. The molecular formula is C28H23BrFN3O2. The molecule has 5 nitrogen and oxygen atoms in total. The third-order valence-corrected chi connectivity index (χ3v) is 6.96. The number of ketones is 1. The smallest absolute Gasteiger partial charge is 0.255 e. The van der Waals surface area contributed by atoms with Crippen molar-refractivity contribution in [2.75, 3.05) is 5.32 Å². The van der Waals surface area contributed by atoms with E-state index in [1.165, 1.54) is 12.1 Å². The number of pyridine rings is 1. The number of hydrogen-bond acceptors (Lipinski definition) is 4. The normalized spacial score (nSPS) is 19.8. The Morgan fingerprint density at radius 2 is 1.83 bits per heavy atom. The highest BCUT2D eigenvalue weighted by Gasteiger charge is 2.41. The highest BCUT2D eigenvalue weighted by Crippen LogP contribution is 2.45. The van der Waals surface area contributed by atoms with Crippen LogP contribution in [0.5, 0.6) is 0 Å². The van der Waals surface area contributed by atoms with Gasteiger partial charge in [0.25, 0.3) is 5.91 Å². The predicted octanol–water partition coefficient (Wildman–Crippen LogP) is 5.98. The Balaban J connectivity index is 1.56. The van der Waals surface area contributed by atoms with Crippen molar-refractivity contribution in [2.24, 2.45) is 0 Å². The van der Waals surface area contributed by atoms with Gasteiger partial charge in [0, 0.05) is 45.5 Å². The van der Waals surface area contributed by atoms with E-state index in [-0.39, 0.29) is 17.6 Å². The maximum absolute atomic E-state index is 14.3. The molecule has 1 aliphatic carbocycles. The zero-order valence-corrected chi connectivity index (χ0v) is 20.6. The summed E-state index contributed by atoms with van der Waals surface area (Å²) in [4.78, 5) is 31.3. The summed E-state index contributed by atoms with van der Waals surface area (Å²) in [6.07, 6.45) is 2.56. The summed E-state index contributed by atoms with van der Waals surface area (Å²) in [7, 11) is 0. The van der Waals surface area contributed by atoms with E-state index in [4.69, 9.17) is 0 Å². The SMILES string of the molecule is CC1=C(C(=O)Nc2ccc(Br)cn2)[C@@H](c2cccc(F)c2)C2=C(C[C@@H](c3ccccc3)CC2=O)N1. The van der Waals surface area contributed by atoms with Gasteiger partial charge in [-0.2, -0.15) is 0 Å². The Morgan fingerprint density at radius 1 is 1.06 bits per heavy atom. The van der Waals surface area contributed by atoms with Gasteiger partial charge in [-0.15, -0.1) is 0 Å². The highest BCUT2D eigenvalue weighted by atomic mass is 79.9. The number of carbonyl (C=O) groups is 2. The first-order valence-corrected chi connectivity index (χ1v) is 12.2. The molecule has 5 rings (SSSR count). The lowest BCUT2D eigenvalue weighted by molar-refractivity contribution is -0.116. The number of benzene rings is 2. The van der Waals surface area contributed by atoms with Crippen LogP contribution in [0.3, 0.4) is 0 Å². The van der Waals surface area contributed by atoms with Crippen molar-refractivity contribution < 1.29 is 14.0 Å². The largest absolute Gasteiger partial charge is 0.362 e. The minimum absolute atomic E-state index is 0.0400. The molecular weight excluding hydrogens is 509 g/mol. The van der Waals surface area contributed by atoms with Crippen LogP contribution in [0.4, 0.5) is 10.2 Å². The molecule has 0 bridgehead atoms. The molecule has 1 aromatic heterocycles. The number of hydrogen-bond donors (Lipinski definition) is 2. The Kier molecular flexibility index (Phi) is 6.34. The summed E-state index contributed by atoms with van der Waals surface area (Å²) in [5.41, 5.74) is 4.00. The number of halogens is 2. The molecule has 35 heavy (non-hydrogen) atoms. The van der Waals surface area contributed by atoms with Crippen LogP contribution in [0.2, 0.25) is 0 Å². The standard InChI is InChI=1S/C28H23BrFN3O2/c1-16-25(28(35)33-24-11-10-20(29)15-31-24)26(18-8-5-9-21(30)12-18)27-22(32-16)13-19(14-23(27)34)17-6-3-2-4-7-17/h2-12,15,19,26,32H,13-14H2,1H3,(H,31,33,35)/t19-,26-/m1/s1. The third kappa shape index (κ3) is 4.68. The Hall–Kier alpha value is -3.58. The molecule has 2 N–H and O–H groups in total. The summed E-state index contributed by atoms with van der Waals surface area (Å²) < 4.78 is 15.1. The molecule has 2 aromatic carbocycles. The first kappa shape index (κ1) is 23.2. The summed E-state index contributed by atoms with van der Waals surface area (Å²) in [5.74, 6) is -1.10. The number of dihydropyridines is 1. The van der Waals surface area contributed by atoms with E-state index in [0.717, 1.165) is 15.7 Å². The fraction of sp³-hybridized carbons (Fsp3) is 0.179. The maximum atomic E-state index is 14.3. The molecule has 2 heterocycles. The summed E-state index contributed by atoms with van der Waals surface area (Å²) in [5, 5.41) is 6.18. The van der Waals surface area contributed by atoms with Gasteiger partial charge >= 0.3 is 0 Å². The minimum atomic E-state index is -0.679. The van der Waals surface area contributed by atoms with Gasteiger partial charge in [-0.3, -0.25) is 9.59 Å². The van der Waals surface area contributed by atoms with Crippen LogP contribution in [0, 0.1) is 5.82 Å². The van der Waals surface area contributed by atoms with Crippen molar-refractivity contribution in [1.29, 1.82) is 0 Å². The van der Waals surface area contributed by atoms with Crippen LogP contribution < -0.4 is 10.6 Å². The quantitative estimate of drug-likeness (QED) is 0.434. The number of nitrogens with zero attached hydrogens (tertiary/aromatic N) is 1. The van der Waals surface area contributed by atoms with E-state index in [1.54, 1.807) is 30.5 Å². The van der Waals surface area contributed by atoms with Gasteiger partial charge in [-0.1, -0.05) is 42.5 Å².